The highest BCUT2D eigenvalue weighted by molar-refractivity contribution is 14.0. The highest BCUT2D eigenvalue weighted by atomic mass is 127. The predicted molar refractivity (Wildman–Crippen MR) is 131 cm³/mol. The van der Waals surface area contributed by atoms with E-state index in [0.29, 0.717) is 35.8 Å². The summed E-state index contributed by atoms with van der Waals surface area (Å²) >= 11 is 6.01. The fourth-order valence-corrected chi connectivity index (χ4v) is 3.56. The molecule has 0 spiro atoms. The number of aromatic nitrogens is 2. The smallest absolute Gasteiger partial charge is 0.228 e. The Labute approximate surface area is 200 Å². The van der Waals surface area contributed by atoms with E-state index < -0.39 is 0 Å². The number of hydrogen-bond acceptors (Lipinski definition) is 5. The predicted octanol–water partition coefficient (Wildman–Crippen LogP) is 4.45. The number of rotatable bonds is 9. The van der Waals surface area contributed by atoms with Gasteiger partial charge in [-0.15, -0.1) is 24.0 Å². The molecule has 1 saturated carbocycles. The van der Waals surface area contributed by atoms with Crippen LogP contribution < -0.4 is 10.6 Å². The van der Waals surface area contributed by atoms with Crippen LogP contribution in [0.3, 0.4) is 0 Å². The average molecular weight is 548 g/mol. The van der Waals surface area contributed by atoms with Crippen LogP contribution in [0.2, 0.25) is 5.02 Å². The number of hydrogen-bond donors (Lipinski definition) is 2. The number of ether oxygens (including phenoxy) is 1. The molecule has 0 radical (unpaired) electrons. The number of guanidine groups is 1. The molecular weight excluding hydrogens is 517 g/mol. The molecule has 1 aliphatic carbocycles. The van der Waals surface area contributed by atoms with Crippen LogP contribution in [0.1, 0.15) is 44.4 Å². The van der Waals surface area contributed by atoms with Gasteiger partial charge in [-0.25, -0.2) is 0 Å². The van der Waals surface area contributed by atoms with Gasteiger partial charge in [-0.3, -0.25) is 4.99 Å². The Morgan fingerprint density at radius 2 is 2.03 bits per heavy atom. The van der Waals surface area contributed by atoms with Gasteiger partial charge in [-0.2, -0.15) is 4.98 Å². The molecule has 7 nitrogen and oxygen atoms in total. The Kier molecular flexibility index (Phi) is 11.5. The molecule has 1 aromatic carbocycles. The van der Waals surface area contributed by atoms with Crippen molar-refractivity contribution in [3.05, 3.63) is 35.2 Å². The molecule has 0 saturated heterocycles. The molecule has 9 heteroatoms. The molecule has 166 valence electrons. The molecule has 2 aromatic rings. The van der Waals surface area contributed by atoms with Crippen LogP contribution in [0.4, 0.5) is 0 Å². The summed E-state index contributed by atoms with van der Waals surface area (Å²) in [6.07, 6.45) is 8.43. The van der Waals surface area contributed by atoms with Gasteiger partial charge in [0.2, 0.25) is 11.7 Å². The molecular formula is C21H31ClIN5O2. The Bertz CT molecular complexity index is 780. The Hall–Kier alpha value is -1.39. The highest BCUT2D eigenvalue weighted by Crippen LogP contribution is 2.21. The summed E-state index contributed by atoms with van der Waals surface area (Å²) < 4.78 is 11.3. The van der Waals surface area contributed by atoms with Gasteiger partial charge in [-0.1, -0.05) is 48.2 Å². The van der Waals surface area contributed by atoms with Crippen molar-refractivity contribution in [3.63, 3.8) is 0 Å². The minimum Gasteiger partial charge on any atom is -0.378 e. The third-order valence-corrected chi connectivity index (χ3v) is 5.16. The molecule has 0 bridgehead atoms. The van der Waals surface area contributed by atoms with Crippen LogP contribution >= 0.6 is 35.6 Å². The molecule has 1 fully saturated rings. The van der Waals surface area contributed by atoms with Crippen molar-refractivity contribution in [2.75, 3.05) is 26.7 Å². The number of halogens is 2. The molecule has 0 aliphatic heterocycles. The summed E-state index contributed by atoms with van der Waals surface area (Å²) in [6.45, 7) is 2.27. The summed E-state index contributed by atoms with van der Waals surface area (Å²) in [5, 5.41) is 11.2. The van der Waals surface area contributed by atoms with Crippen LogP contribution in [0.25, 0.3) is 11.4 Å². The average Bonchev–Trinajstić information content (AvgIpc) is 3.22. The van der Waals surface area contributed by atoms with Crippen LogP contribution in [-0.2, 0) is 11.2 Å². The third-order valence-electron chi connectivity index (χ3n) is 4.93. The van der Waals surface area contributed by atoms with E-state index in [9.17, 15) is 0 Å². The second kappa shape index (κ2) is 13.8. The maximum absolute atomic E-state index is 6.01. The maximum atomic E-state index is 6.01. The van der Waals surface area contributed by atoms with Crippen molar-refractivity contribution in [2.24, 2.45) is 4.99 Å². The molecule has 2 N–H and O–H groups in total. The lowest BCUT2D eigenvalue weighted by molar-refractivity contribution is 0.0277. The van der Waals surface area contributed by atoms with Crippen molar-refractivity contribution in [3.8, 4) is 11.4 Å². The second-order valence-electron chi connectivity index (χ2n) is 7.18. The van der Waals surface area contributed by atoms with Crippen LogP contribution in [0.5, 0.6) is 0 Å². The summed E-state index contributed by atoms with van der Waals surface area (Å²) in [5.74, 6) is 1.88. The van der Waals surface area contributed by atoms with Crippen molar-refractivity contribution < 1.29 is 9.26 Å². The Balaban J connectivity index is 0.00000320. The van der Waals surface area contributed by atoms with E-state index in [0.717, 1.165) is 31.1 Å². The molecule has 1 aliphatic rings. The first-order valence-corrected chi connectivity index (χ1v) is 10.8. The largest absolute Gasteiger partial charge is 0.378 e. The third kappa shape index (κ3) is 8.39. The van der Waals surface area contributed by atoms with E-state index in [-0.39, 0.29) is 24.0 Å². The standard InChI is InChI=1S/C21H30ClN5O2.HI/c1-23-21(24-12-6-14-28-18-9-3-2-4-10-18)25-13-11-19-26-20(27-29-19)16-7-5-8-17(22)15-16;/h5,7-8,15,18H,2-4,6,9-14H2,1H3,(H2,23,24,25);1H. The highest BCUT2D eigenvalue weighted by Gasteiger charge is 2.13. The molecule has 1 aromatic heterocycles. The summed E-state index contributed by atoms with van der Waals surface area (Å²) in [7, 11) is 1.76. The van der Waals surface area contributed by atoms with Gasteiger partial charge in [0, 0.05) is 43.8 Å². The lowest BCUT2D eigenvalue weighted by Gasteiger charge is -2.22. The Morgan fingerprint density at radius 1 is 1.23 bits per heavy atom. The minimum absolute atomic E-state index is 0. The molecule has 0 unspecified atom stereocenters. The van der Waals surface area contributed by atoms with Crippen LogP contribution in [0, 0.1) is 0 Å². The van der Waals surface area contributed by atoms with E-state index in [2.05, 4.69) is 25.8 Å². The fraction of sp³-hybridized carbons (Fsp3) is 0.571. The lowest BCUT2D eigenvalue weighted by Crippen LogP contribution is -2.39. The first-order valence-electron chi connectivity index (χ1n) is 10.4. The molecule has 0 atom stereocenters. The van der Waals surface area contributed by atoms with E-state index in [1.54, 1.807) is 7.05 Å². The van der Waals surface area contributed by atoms with Gasteiger partial charge >= 0.3 is 0 Å². The van der Waals surface area contributed by atoms with Gasteiger partial charge in [0.15, 0.2) is 5.96 Å². The van der Waals surface area contributed by atoms with Gasteiger partial charge in [0.1, 0.15) is 0 Å². The number of aliphatic imine (C=N–C) groups is 1. The molecule has 0 amide bonds. The van der Waals surface area contributed by atoms with E-state index in [4.69, 9.17) is 20.9 Å². The lowest BCUT2D eigenvalue weighted by atomic mass is 9.98. The van der Waals surface area contributed by atoms with Gasteiger partial charge in [0.05, 0.1) is 6.10 Å². The van der Waals surface area contributed by atoms with E-state index in [1.807, 2.05) is 24.3 Å². The summed E-state index contributed by atoms with van der Waals surface area (Å²) in [4.78, 5) is 8.66. The first-order chi connectivity index (χ1) is 14.2. The molecule has 30 heavy (non-hydrogen) atoms. The molecule has 3 rings (SSSR count). The zero-order valence-electron chi connectivity index (χ0n) is 17.4. The van der Waals surface area contributed by atoms with Crippen molar-refractivity contribution in [2.45, 2.75) is 51.0 Å². The zero-order chi connectivity index (χ0) is 20.3. The topological polar surface area (TPSA) is 84.6 Å². The number of benzene rings is 1. The summed E-state index contributed by atoms with van der Waals surface area (Å²) in [5.41, 5.74) is 0.841. The van der Waals surface area contributed by atoms with Gasteiger partial charge in [0.25, 0.3) is 0 Å². The normalized spacial score (nSPS) is 14.9. The van der Waals surface area contributed by atoms with Crippen LogP contribution in [-0.4, -0.2) is 48.9 Å². The van der Waals surface area contributed by atoms with E-state index >= 15 is 0 Å². The van der Waals surface area contributed by atoms with Gasteiger partial charge < -0.3 is 19.9 Å². The quantitative estimate of drug-likeness (QED) is 0.209. The first kappa shape index (κ1) is 24.9. The SMILES string of the molecule is CN=C(NCCCOC1CCCCC1)NCCc1nc(-c2cccc(Cl)c2)no1.I. The van der Waals surface area contributed by atoms with Gasteiger partial charge in [-0.05, 0) is 31.4 Å². The minimum atomic E-state index is 0. The fourth-order valence-electron chi connectivity index (χ4n) is 3.37. The van der Waals surface area contributed by atoms with Crippen molar-refractivity contribution >= 4 is 41.5 Å². The van der Waals surface area contributed by atoms with E-state index in [1.165, 1.54) is 32.1 Å². The van der Waals surface area contributed by atoms with Crippen LogP contribution in [0.15, 0.2) is 33.8 Å². The number of nitrogens with one attached hydrogen (secondary N) is 2. The van der Waals surface area contributed by atoms with Crippen molar-refractivity contribution in [1.82, 2.24) is 20.8 Å². The summed E-state index contributed by atoms with van der Waals surface area (Å²) in [6, 6.07) is 7.41. The zero-order valence-corrected chi connectivity index (χ0v) is 20.5. The number of nitrogens with zero attached hydrogens (tertiary/aromatic N) is 3. The maximum Gasteiger partial charge on any atom is 0.228 e. The molecule has 1 heterocycles. The Morgan fingerprint density at radius 3 is 2.80 bits per heavy atom. The monoisotopic (exact) mass is 547 g/mol. The second-order valence-corrected chi connectivity index (χ2v) is 7.62. The van der Waals surface area contributed by atoms with Crippen molar-refractivity contribution in [1.29, 1.82) is 0 Å².